The fraction of sp³-hybridized carbons (Fsp3) is 0.0833. The number of nitrogens with two attached hydrogens (primary N) is 1. The molecular formula is C12H11N3S2. The van der Waals surface area contributed by atoms with Gasteiger partial charge in [-0.05, 0) is 29.7 Å². The molecule has 1 aliphatic heterocycles. The second-order valence-corrected chi connectivity index (χ2v) is 6.07. The van der Waals surface area contributed by atoms with Crippen LogP contribution in [0.3, 0.4) is 0 Å². The number of anilines is 1. The number of thioether (sulfide) groups is 2. The molecule has 0 saturated carbocycles. The lowest BCUT2D eigenvalue weighted by Gasteiger charge is -2.12. The van der Waals surface area contributed by atoms with Crippen molar-refractivity contribution in [3.8, 4) is 0 Å². The Morgan fingerprint density at radius 1 is 1.35 bits per heavy atom. The van der Waals surface area contributed by atoms with Crippen LogP contribution in [0.5, 0.6) is 0 Å². The molecule has 1 unspecified atom stereocenters. The van der Waals surface area contributed by atoms with E-state index in [-0.39, 0.29) is 0 Å². The molecule has 1 aliphatic rings. The van der Waals surface area contributed by atoms with Crippen molar-refractivity contribution in [1.82, 2.24) is 10.3 Å². The molecule has 0 amide bonds. The van der Waals surface area contributed by atoms with E-state index in [4.69, 9.17) is 5.73 Å². The summed E-state index contributed by atoms with van der Waals surface area (Å²) in [4.78, 5) is 5.58. The van der Waals surface area contributed by atoms with Crippen molar-refractivity contribution in [3.05, 3.63) is 42.1 Å². The first kappa shape index (κ1) is 10.8. The van der Waals surface area contributed by atoms with Crippen LogP contribution in [0, 0.1) is 0 Å². The monoisotopic (exact) mass is 261 g/mol. The van der Waals surface area contributed by atoms with Crippen LogP contribution >= 0.6 is 23.5 Å². The third kappa shape index (κ3) is 2.08. The summed E-state index contributed by atoms with van der Waals surface area (Å²) in [6.07, 6.45) is 3.77. The van der Waals surface area contributed by atoms with Gasteiger partial charge in [-0.25, -0.2) is 0 Å². The highest BCUT2D eigenvalue weighted by Crippen LogP contribution is 2.36. The molecule has 1 aromatic carbocycles. The first-order valence-electron chi connectivity index (χ1n) is 5.21. The Morgan fingerprint density at radius 2 is 2.29 bits per heavy atom. The topological polar surface area (TPSA) is 50.9 Å². The molecule has 0 fully saturated rings. The second kappa shape index (κ2) is 4.50. The van der Waals surface area contributed by atoms with E-state index >= 15 is 0 Å². The summed E-state index contributed by atoms with van der Waals surface area (Å²) in [6.45, 7) is 0. The Labute approximate surface area is 108 Å². The molecule has 3 nitrogen and oxygen atoms in total. The van der Waals surface area contributed by atoms with Gasteiger partial charge >= 0.3 is 0 Å². The maximum Gasteiger partial charge on any atom is 0.128 e. The summed E-state index contributed by atoms with van der Waals surface area (Å²) < 4.78 is 0.323. The van der Waals surface area contributed by atoms with Crippen molar-refractivity contribution >= 4 is 40.1 Å². The molecule has 0 aliphatic carbocycles. The van der Waals surface area contributed by atoms with Gasteiger partial charge in [0.25, 0.3) is 0 Å². The summed E-state index contributed by atoms with van der Waals surface area (Å²) in [5.74, 6) is 0. The number of nitrogens with zero attached hydrogens (tertiary/aromatic N) is 1. The Hall–Kier alpha value is -1.33. The smallest absolute Gasteiger partial charge is 0.128 e. The number of pyridine rings is 1. The van der Waals surface area contributed by atoms with Gasteiger partial charge in [-0.3, -0.25) is 4.98 Å². The Morgan fingerprint density at radius 3 is 3.12 bits per heavy atom. The van der Waals surface area contributed by atoms with E-state index in [0.29, 0.717) is 4.71 Å². The van der Waals surface area contributed by atoms with Crippen molar-refractivity contribution in [2.45, 2.75) is 9.60 Å². The molecule has 17 heavy (non-hydrogen) atoms. The van der Waals surface area contributed by atoms with Crippen molar-refractivity contribution in [2.24, 2.45) is 0 Å². The van der Waals surface area contributed by atoms with Crippen LogP contribution in [-0.4, -0.2) is 9.69 Å². The van der Waals surface area contributed by atoms with Gasteiger partial charge in [-0.1, -0.05) is 23.5 Å². The average molecular weight is 261 g/mol. The van der Waals surface area contributed by atoms with E-state index < -0.39 is 0 Å². The van der Waals surface area contributed by atoms with Crippen molar-refractivity contribution in [1.29, 1.82) is 0 Å². The van der Waals surface area contributed by atoms with Gasteiger partial charge in [0.2, 0.25) is 0 Å². The number of nitrogen functional groups attached to an aromatic ring is 1. The number of nitrogens with one attached hydrogen (secondary N) is 1. The molecule has 0 saturated heterocycles. The van der Waals surface area contributed by atoms with Gasteiger partial charge < -0.3 is 11.1 Å². The van der Waals surface area contributed by atoms with Crippen LogP contribution in [0.15, 0.2) is 47.0 Å². The SMILES string of the molecule is Nc1ccc(SC2NC=CS2)c2ncccc12. The van der Waals surface area contributed by atoms with E-state index in [2.05, 4.69) is 15.7 Å². The molecule has 3 rings (SSSR count). The molecule has 0 radical (unpaired) electrons. The average Bonchev–Trinajstić information content (AvgIpc) is 2.86. The lowest BCUT2D eigenvalue weighted by atomic mass is 10.2. The first-order valence-corrected chi connectivity index (χ1v) is 7.03. The molecule has 3 N–H and O–H groups in total. The van der Waals surface area contributed by atoms with Gasteiger partial charge in [0.05, 0.1) is 5.52 Å². The quantitative estimate of drug-likeness (QED) is 0.814. The normalized spacial score (nSPS) is 18.5. The molecule has 2 heterocycles. The number of hydrogen-bond donors (Lipinski definition) is 2. The van der Waals surface area contributed by atoms with E-state index in [1.807, 2.05) is 30.5 Å². The molecule has 0 bridgehead atoms. The molecule has 5 heteroatoms. The lowest BCUT2D eigenvalue weighted by Crippen LogP contribution is -2.10. The van der Waals surface area contributed by atoms with Crippen LogP contribution in [-0.2, 0) is 0 Å². The highest BCUT2D eigenvalue weighted by molar-refractivity contribution is 8.18. The number of rotatable bonds is 2. The fourth-order valence-electron chi connectivity index (χ4n) is 1.71. The van der Waals surface area contributed by atoms with Gasteiger partial charge in [-0.2, -0.15) is 0 Å². The molecule has 86 valence electrons. The summed E-state index contributed by atoms with van der Waals surface area (Å²) in [6, 6.07) is 7.90. The van der Waals surface area contributed by atoms with Crippen molar-refractivity contribution in [3.63, 3.8) is 0 Å². The summed E-state index contributed by atoms with van der Waals surface area (Å²) in [5, 5.41) is 6.35. The highest BCUT2D eigenvalue weighted by atomic mass is 32.2. The fourth-order valence-corrected chi connectivity index (χ4v) is 3.69. The standard InChI is InChI=1S/C12H11N3S2/c13-9-3-4-10(17-12-15-6-7-16-12)11-8(9)2-1-5-14-11/h1-7,12,15H,13H2. The largest absolute Gasteiger partial charge is 0.398 e. The second-order valence-electron chi connectivity index (χ2n) is 3.61. The van der Waals surface area contributed by atoms with Gasteiger partial charge in [-0.15, -0.1) is 0 Å². The Bertz CT molecular complexity index is 575. The van der Waals surface area contributed by atoms with Gasteiger partial charge in [0.1, 0.15) is 4.71 Å². The predicted octanol–water partition coefficient (Wildman–Crippen LogP) is 3.00. The van der Waals surface area contributed by atoms with Crippen molar-refractivity contribution < 1.29 is 0 Å². The number of benzene rings is 1. The van der Waals surface area contributed by atoms with E-state index in [9.17, 15) is 0 Å². The van der Waals surface area contributed by atoms with Crippen LogP contribution in [0.1, 0.15) is 0 Å². The lowest BCUT2D eigenvalue weighted by molar-refractivity contribution is 1.03. The predicted molar refractivity (Wildman–Crippen MR) is 75.7 cm³/mol. The zero-order chi connectivity index (χ0) is 11.7. The van der Waals surface area contributed by atoms with E-state index in [0.717, 1.165) is 21.5 Å². The number of fused-ring (bicyclic) bond motifs is 1. The molecule has 0 spiro atoms. The number of aromatic nitrogens is 1. The minimum Gasteiger partial charge on any atom is -0.398 e. The maximum absolute atomic E-state index is 5.95. The highest BCUT2D eigenvalue weighted by Gasteiger charge is 2.14. The zero-order valence-corrected chi connectivity index (χ0v) is 10.6. The van der Waals surface area contributed by atoms with Crippen molar-refractivity contribution in [2.75, 3.05) is 5.73 Å². The van der Waals surface area contributed by atoms with E-state index in [1.54, 1.807) is 29.7 Å². The molecule has 1 atom stereocenters. The summed E-state index contributed by atoms with van der Waals surface area (Å²) in [7, 11) is 0. The van der Waals surface area contributed by atoms with Crippen LogP contribution in [0.4, 0.5) is 5.69 Å². The summed E-state index contributed by atoms with van der Waals surface area (Å²) >= 11 is 3.52. The number of hydrogen-bond acceptors (Lipinski definition) is 5. The summed E-state index contributed by atoms with van der Waals surface area (Å²) in [5.41, 5.74) is 7.71. The van der Waals surface area contributed by atoms with Gasteiger partial charge in [0, 0.05) is 28.4 Å². The molecular weight excluding hydrogens is 250 g/mol. The third-order valence-corrected chi connectivity index (χ3v) is 4.73. The third-order valence-electron chi connectivity index (χ3n) is 2.50. The minimum atomic E-state index is 0.323. The van der Waals surface area contributed by atoms with Crippen LogP contribution < -0.4 is 11.1 Å². The first-order chi connectivity index (χ1) is 8.34. The van der Waals surface area contributed by atoms with E-state index in [1.165, 1.54) is 0 Å². The molecule has 2 aromatic rings. The maximum atomic E-state index is 5.95. The van der Waals surface area contributed by atoms with Crippen LogP contribution in [0.25, 0.3) is 10.9 Å². The zero-order valence-electron chi connectivity index (χ0n) is 8.96. The minimum absolute atomic E-state index is 0.323. The van der Waals surface area contributed by atoms with Crippen LogP contribution in [0.2, 0.25) is 0 Å². The Kier molecular flexibility index (Phi) is 2.86. The molecule has 1 aromatic heterocycles. The van der Waals surface area contributed by atoms with Gasteiger partial charge in [0.15, 0.2) is 0 Å². The Balaban J connectivity index is 2.01.